The van der Waals surface area contributed by atoms with Crippen LogP contribution in [0.2, 0.25) is 6.82 Å². The van der Waals surface area contributed by atoms with Crippen molar-refractivity contribution in [2.24, 2.45) is 0 Å². The summed E-state index contributed by atoms with van der Waals surface area (Å²) in [6.45, 7) is 5.13. The molecule has 7 heavy (non-hydrogen) atoms. The van der Waals surface area contributed by atoms with Crippen LogP contribution in [0.5, 0.6) is 0 Å². The standard InChI is InChI=1S/C4H8BNO/c1-3-4(7)6-5-2/h3,5H,1H2,2H3,(H,6,7). The molecule has 0 aromatic rings. The van der Waals surface area contributed by atoms with Gasteiger partial charge in [0.05, 0.1) is 0 Å². The summed E-state index contributed by atoms with van der Waals surface area (Å²) in [6, 6.07) is 0. The van der Waals surface area contributed by atoms with Crippen molar-refractivity contribution in [3.63, 3.8) is 0 Å². The topological polar surface area (TPSA) is 29.1 Å². The Morgan fingerprint density at radius 2 is 2.57 bits per heavy atom. The first-order chi connectivity index (χ1) is 3.31. The molecule has 3 heteroatoms. The van der Waals surface area contributed by atoms with E-state index < -0.39 is 0 Å². The SMILES string of the molecule is C=CC(=O)NBC. The van der Waals surface area contributed by atoms with Crippen LogP contribution in [0.15, 0.2) is 12.7 Å². The first kappa shape index (κ1) is 6.27. The smallest absolute Gasteiger partial charge is 0.233 e. The Bertz CT molecular complexity index is 81.8. The van der Waals surface area contributed by atoms with E-state index in [-0.39, 0.29) is 5.91 Å². The van der Waals surface area contributed by atoms with Crippen LogP contribution in [0.4, 0.5) is 0 Å². The molecule has 0 radical (unpaired) electrons. The van der Waals surface area contributed by atoms with E-state index in [2.05, 4.69) is 11.8 Å². The summed E-state index contributed by atoms with van der Waals surface area (Å²) in [4.78, 5) is 10.2. The van der Waals surface area contributed by atoms with E-state index in [1.165, 1.54) is 6.08 Å². The maximum absolute atomic E-state index is 10.2. The van der Waals surface area contributed by atoms with E-state index in [1.54, 1.807) is 0 Å². The van der Waals surface area contributed by atoms with Crippen molar-refractivity contribution in [3.05, 3.63) is 12.7 Å². The van der Waals surface area contributed by atoms with Crippen molar-refractivity contribution in [3.8, 4) is 0 Å². The fraction of sp³-hybridized carbons (Fsp3) is 0.250. The second-order valence-electron chi connectivity index (χ2n) is 1.10. The van der Waals surface area contributed by atoms with Crippen molar-refractivity contribution in [2.45, 2.75) is 6.82 Å². The van der Waals surface area contributed by atoms with Crippen molar-refractivity contribution >= 4 is 13.3 Å². The molecular formula is C4H8BNO. The average molecular weight is 96.9 g/mol. The molecule has 0 spiro atoms. The second kappa shape index (κ2) is 3.46. The Labute approximate surface area is 43.9 Å². The third kappa shape index (κ3) is 3.10. The molecule has 0 aromatic heterocycles. The molecule has 0 fully saturated rings. The molecule has 2 nitrogen and oxygen atoms in total. The van der Waals surface area contributed by atoms with Crippen LogP contribution in [0.25, 0.3) is 0 Å². The highest BCUT2D eigenvalue weighted by molar-refractivity contribution is 6.36. The Kier molecular flexibility index (Phi) is 3.11. The molecule has 0 atom stereocenters. The number of hydrogen-bond acceptors (Lipinski definition) is 1. The van der Waals surface area contributed by atoms with Gasteiger partial charge < -0.3 is 5.23 Å². The minimum absolute atomic E-state index is 0.109. The van der Waals surface area contributed by atoms with Crippen LogP contribution in [0.3, 0.4) is 0 Å². The second-order valence-corrected chi connectivity index (χ2v) is 1.10. The van der Waals surface area contributed by atoms with E-state index in [1.807, 2.05) is 6.82 Å². The van der Waals surface area contributed by atoms with Gasteiger partial charge in [-0.2, -0.15) is 0 Å². The highest BCUT2D eigenvalue weighted by Crippen LogP contribution is 1.60. The lowest BCUT2D eigenvalue weighted by atomic mass is 10.0. The molecule has 0 aliphatic carbocycles. The van der Waals surface area contributed by atoms with Crippen LogP contribution in [0, 0.1) is 0 Å². The zero-order valence-electron chi connectivity index (χ0n) is 4.40. The highest BCUT2D eigenvalue weighted by Gasteiger charge is 1.85. The maximum atomic E-state index is 10.2. The number of carbonyl (C=O) groups is 1. The number of nitrogens with one attached hydrogen (secondary N) is 1. The van der Waals surface area contributed by atoms with Crippen LogP contribution in [-0.4, -0.2) is 13.3 Å². The molecule has 0 heterocycles. The highest BCUT2D eigenvalue weighted by atomic mass is 16.1. The first-order valence-corrected chi connectivity index (χ1v) is 2.21. The minimum atomic E-state index is -0.109. The fourth-order valence-corrected chi connectivity index (χ4v) is 0.246. The first-order valence-electron chi connectivity index (χ1n) is 2.21. The van der Waals surface area contributed by atoms with Gasteiger partial charge in [-0.1, -0.05) is 13.4 Å². The van der Waals surface area contributed by atoms with E-state index in [0.717, 1.165) is 0 Å². The summed E-state index contributed by atoms with van der Waals surface area (Å²) in [7, 11) is 0.671. The monoisotopic (exact) mass is 97.1 g/mol. The fourth-order valence-electron chi connectivity index (χ4n) is 0.246. The average Bonchev–Trinajstić information content (AvgIpc) is 1.68. The molecule has 0 aliphatic heterocycles. The predicted molar refractivity (Wildman–Crippen MR) is 31.4 cm³/mol. The van der Waals surface area contributed by atoms with Gasteiger partial charge in [-0.25, -0.2) is 0 Å². The van der Waals surface area contributed by atoms with Crippen LogP contribution in [-0.2, 0) is 4.79 Å². The van der Waals surface area contributed by atoms with Crippen molar-refractivity contribution in [1.82, 2.24) is 5.23 Å². The summed E-state index contributed by atoms with van der Waals surface area (Å²) < 4.78 is 0. The normalized spacial score (nSPS) is 7.00. The number of carbonyl (C=O) groups excluding carboxylic acids is 1. The van der Waals surface area contributed by atoms with Gasteiger partial charge in [0.2, 0.25) is 13.3 Å². The zero-order chi connectivity index (χ0) is 5.70. The van der Waals surface area contributed by atoms with E-state index in [4.69, 9.17) is 0 Å². The van der Waals surface area contributed by atoms with E-state index in [9.17, 15) is 4.79 Å². The molecule has 0 unspecified atom stereocenters. The van der Waals surface area contributed by atoms with Gasteiger partial charge in [-0.3, -0.25) is 4.79 Å². The largest absolute Gasteiger partial charge is 0.399 e. The van der Waals surface area contributed by atoms with Crippen LogP contribution in [0.1, 0.15) is 0 Å². The maximum Gasteiger partial charge on any atom is 0.233 e. The summed E-state index contributed by atoms with van der Waals surface area (Å²) >= 11 is 0. The lowest BCUT2D eigenvalue weighted by molar-refractivity contribution is -0.114. The van der Waals surface area contributed by atoms with E-state index in [0.29, 0.717) is 7.41 Å². The Morgan fingerprint density at radius 1 is 2.00 bits per heavy atom. The third-order valence-electron chi connectivity index (χ3n) is 0.536. The summed E-state index contributed by atoms with van der Waals surface area (Å²) in [6.07, 6.45) is 1.25. The summed E-state index contributed by atoms with van der Waals surface area (Å²) in [5.74, 6) is -0.109. The summed E-state index contributed by atoms with van der Waals surface area (Å²) in [5, 5.41) is 2.54. The molecule has 0 bridgehead atoms. The van der Waals surface area contributed by atoms with Gasteiger partial charge in [0, 0.05) is 0 Å². The quantitative estimate of drug-likeness (QED) is 0.371. The predicted octanol–water partition coefficient (Wildman–Crippen LogP) is -0.312. The van der Waals surface area contributed by atoms with Crippen molar-refractivity contribution < 1.29 is 4.79 Å². The molecule has 38 valence electrons. The lowest BCUT2D eigenvalue weighted by Crippen LogP contribution is -2.22. The Morgan fingerprint density at radius 3 is 2.71 bits per heavy atom. The van der Waals surface area contributed by atoms with Gasteiger partial charge in [-0.05, 0) is 6.08 Å². The van der Waals surface area contributed by atoms with Crippen LogP contribution < -0.4 is 5.23 Å². The molecule has 0 rings (SSSR count). The van der Waals surface area contributed by atoms with Gasteiger partial charge >= 0.3 is 0 Å². The molecule has 0 aromatic carbocycles. The summed E-state index contributed by atoms with van der Waals surface area (Å²) in [5.41, 5.74) is 0. The van der Waals surface area contributed by atoms with E-state index >= 15 is 0 Å². The number of hydrogen-bond donors (Lipinski definition) is 1. The number of amides is 1. The zero-order valence-corrected chi connectivity index (χ0v) is 4.40. The minimum Gasteiger partial charge on any atom is -0.399 e. The Balaban J connectivity index is 3.17. The molecular weight excluding hydrogens is 88.9 g/mol. The van der Waals surface area contributed by atoms with Gasteiger partial charge in [-0.15, -0.1) is 0 Å². The van der Waals surface area contributed by atoms with Crippen molar-refractivity contribution in [2.75, 3.05) is 0 Å². The molecule has 1 amide bonds. The van der Waals surface area contributed by atoms with Crippen LogP contribution >= 0.6 is 0 Å². The third-order valence-corrected chi connectivity index (χ3v) is 0.536. The van der Waals surface area contributed by atoms with Crippen molar-refractivity contribution in [1.29, 1.82) is 0 Å². The molecule has 0 saturated carbocycles. The Hall–Kier alpha value is -0.725. The molecule has 0 aliphatic rings. The molecule has 0 saturated heterocycles. The van der Waals surface area contributed by atoms with Gasteiger partial charge in [0.15, 0.2) is 0 Å². The molecule has 1 N–H and O–H groups in total. The van der Waals surface area contributed by atoms with Gasteiger partial charge in [0.1, 0.15) is 0 Å². The number of rotatable bonds is 2. The lowest BCUT2D eigenvalue weighted by Gasteiger charge is -1.88. The van der Waals surface area contributed by atoms with Gasteiger partial charge in [0.25, 0.3) is 0 Å².